The first-order valence-electron chi connectivity index (χ1n) is 10.5. The van der Waals surface area contributed by atoms with Crippen LogP contribution in [0.2, 0.25) is 0 Å². The molecule has 0 saturated carbocycles. The summed E-state index contributed by atoms with van der Waals surface area (Å²) in [5.74, 6) is -0.675. The van der Waals surface area contributed by atoms with Gasteiger partial charge in [0.1, 0.15) is 12.1 Å². The van der Waals surface area contributed by atoms with Crippen LogP contribution in [0.1, 0.15) is 41.7 Å². The van der Waals surface area contributed by atoms with Gasteiger partial charge in [-0.15, -0.1) is 16.4 Å². The van der Waals surface area contributed by atoms with Crippen LogP contribution in [-0.4, -0.2) is 64.7 Å². The van der Waals surface area contributed by atoms with Crippen LogP contribution in [0, 0.1) is 0 Å². The van der Waals surface area contributed by atoms with Gasteiger partial charge in [0, 0.05) is 24.4 Å². The SMILES string of the molecule is CC(C)(C)OC(=O)N1CCc2sc(N3CCN(OC(=O)c4ccccc4)CC3=O)nc2C1. The number of piperazine rings is 1. The van der Waals surface area contributed by atoms with Gasteiger partial charge >= 0.3 is 12.1 Å². The smallest absolute Gasteiger partial charge is 0.410 e. The summed E-state index contributed by atoms with van der Waals surface area (Å²) in [6, 6.07) is 8.67. The third kappa shape index (κ3) is 5.08. The number of thiazole rings is 1. The molecule has 2 aliphatic rings. The number of rotatable bonds is 3. The zero-order valence-electron chi connectivity index (χ0n) is 18.4. The maximum Gasteiger partial charge on any atom is 0.410 e. The van der Waals surface area contributed by atoms with Crippen molar-refractivity contribution < 1.29 is 24.0 Å². The van der Waals surface area contributed by atoms with Gasteiger partial charge in [0.25, 0.3) is 0 Å². The number of anilines is 1. The Morgan fingerprint density at radius 1 is 1.06 bits per heavy atom. The molecule has 0 aliphatic carbocycles. The highest BCUT2D eigenvalue weighted by molar-refractivity contribution is 7.16. The normalized spacial score (nSPS) is 17.2. The summed E-state index contributed by atoms with van der Waals surface area (Å²) in [4.78, 5) is 51.7. The summed E-state index contributed by atoms with van der Waals surface area (Å²) < 4.78 is 5.46. The van der Waals surface area contributed by atoms with Crippen LogP contribution in [0.25, 0.3) is 0 Å². The van der Waals surface area contributed by atoms with E-state index in [0.717, 1.165) is 10.6 Å². The molecule has 0 spiro atoms. The Bertz CT molecular complexity index is 1020. The molecule has 0 radical (unpaired) electrons. The van der Waals surface area contributed by atoms with E-state index in [4.69, 9.17) is 9.57 Å². The second-order valence-corrected chi connectivity index (χ2v) is 9.73. The zero-order chi connectivity index (χ0) is 22.9. The average Bonchev–Trinajstić information content (AvgIpc) is 3.16. The lowest BCUT2D eigenvalue weighted by Crippen LogP contribution is -2.50. The van der Waals surface area contributed by atoms with Crippen molar-refractivity contribution in [1.82, 2.24) is 14.9 Å². The monoisotopic (exact) mass is 458 g/mol. The van der Waals surface area contributed by atoms with Gasteiger partial charge in [-0.1, -0.05) is 18.2 Å². The van der Waals surface area contributed by atoms with Crippen molar-refractivity contribution in [3.63, 3.8) is 0 Å². The molecule has 2 aromatic rings. The second-order valence-electron chi connectivity index (χ2n) is 8.67. The van der Waals surface area contributed by atoms with E-state index in [9.17, 15) is 14.4 Å². The quantitative estimate of drug-likeness (QED) is 0.698. The highest BCUT2D eigenvalue weighted by Gasteiger charge is 2.33. The van der Waals surface area contributed by atoms with E-state index in [1.54, 1.807) is 34.1 Å². The van der Waals surface area contributed by atoms with Crippen molar-refractivity contribution in [2.24, 2.45) is 0 Å². The van der Waals surface area contributed by atoms with Crippen LogP contribution in [0.3, 0.4) is 0 Å². The van der Waals surface area contributed by atoms with Crippen LogP contribution in [0.4, 0.5) is 9.93 Å². The largest absolute Gasteiger partial charge is 0.444 e. The Morgan fingerprint density at radius 2 is 1.81 bits per heavy atom. The number of ether oxygens (including phenoxy) is 1. The Morgan fingerprint density at radius 3 is 2.50 bits per heavy atom. The van der Waals surface area contributed by atoms with E-state index < -0.39 is 11.6 Å². The fourth-order valence-electron chi connectivity index (χ4n) is 3.46. The topological polar surface area (TPSA) is 92.3 Å². The first-order valence-corrected chi connectivity index (χ1v) is 11.3. The minimum Gasteiger partial charge on any atom is -0.444 e. The summed E-state index contributed by atoms with van der Waals surface area (Å²) in [5, 5.41) is 1.99. The molecule has 4 rings (SSSR count). The number of aromatic nitrogens is 1. The van der Waals surface area contributed by atoms with Crippen molar-refractivity contribution in [1.29, 1.82) is 0 Å². The molecular weight excluding hydrogens is 432 g/mol. The van der Waals surface area contributed by atoms with Crippen LogP contribution in [-0.2, 0) is 27.3 Å². The Hall–Kier alpha value is -2.98. The Kier molecular flexibility index (Phi) is 6.16. The maximum atomic E-state index is 12.7. The van der Waals surface area contributed by atoms with E-state index in [1.807, 2.05) is 26.8 Å². The number of nitrogens with zero attached hydrogens (tertiary/aromatic N) is 4. The van der Waals surface area contributed by atoms with Crippen molar-refractivity contribution >= 4 is 34.4 Å². The fraction of sp³-hybridized carbons (Fsp3) is 0.455. The fourth-order valence-corrected chi connectivity index (χ4v) is 4.56. The number of benzene rings is 1. The molecule has 0 bridgehead atoms. The molecule has 9 nitrogen and oxygen atoms in total. The Labute approximate surface area is 190 Å². The van der Waals surface area contributed by atoms with Gasteiger partial charge in [0.2, 0.25) is 5.91 Å². The number of amides is 2. The molecule has 2 amide bonds. The number of carbonyl (C=O) groups excluding carboxylic acids is 3. The first kappa shape index (κ1) is 22.2. The van der Waals surface area contributed by atoms with E-state index in [0.29, 0.717) is 43.3 Å². The lowest BCUT2D eigenvalue weighted by Gasteiger charge is -2.31. The third-order valence-electron chi connectivity index (χ3n) is 5.01. The number of carbonyl (C=O) groups is 3. The Balaban J connectivity index is 1.36. The molecule has 32 heavy (non-hydrogen) atoms. The molecular formula is C22H26N4O5S. The molecule has 1 aromatic carbocycles. The van der Waals surface area contributed by atoms with Crippen molar-refractivity contribution in [3.8, 4) is 0 Å². The van der Waals surface area contributed by atoms with E-state index in [1.165, 1.54) is 16.4 Å². The molecule has 0 unspecified atom stereocenters. The van der Waals surface area contributed by atoms with Crippen LogP contribution in [0.5, 0.6) is 0 Å². The van der Waals surface area contributed by atoms with Gasteiger partial charge in [-0.05, 0) is 32.9 Å². The highest BCUT2D eigenvalue weighted by atomic mass is 32.1. The molecule has 10 heteroatoms. The first-order chi connectivity index (χ1) is 15.2. The minimum absolute atomic E-state index is 0.0349. The lowest BCUT2D eigenvalue weighted by molar-refractivity contribution is -0.144. The highest BCUT2D eigenvalue weighted by Crippen LogP contribution is 2.32. The molecule has 1 fully saturated rings. The summed E-state index contributed by atoms with van der Waals surface area (Å²) in [7, 11) is 0. The van der Waals surface area contributed by atoms with Crippen molar-refractivity contribution in [2.75, 3.05) is 31.1 Å². The molecule has 170 valence electrons. The van der Waals surface area contributed by atoms with Crippen molar-refractivity contribution in [2.45, 2.75) is 39.3 Å². The van der Waals surface area contributed by atoms with Gasteiger partial charge in [0.05, 0.1) is 24.3 Å². The van der Waals surface area contributed by atoms with Crippen LogP contribution >= 0.6 is 11.3 Å². The minimum atomic E-state index is -0.555. The summed E-state index contributed by atoms with van der Waals surface area (Å²) >= 11 is 1.47. The predicted octanol–water partition coefficient (Wildman–Crippen LogP) is 2.86. The van der Waals surface area contributed by atoms with Gasteiger partial charge in [-0.25, -0.2) is 14.6 Å². The zero-order valence-corrected chi connectivity index (χ0v) is 19.2. The molecule has 1 saturated heterocycles. The van der Waals surface area contributed by atoms with E-state index in [-0.39, 0.29) is 18.5 Å². The number of fused-ring (bicyclic) bond motifs is 1. The third-order valence-corrected chi connectivity index (χ3v) is 6.19. The molecule has 2 aliphatic heterocycles. The van der Waals surface area contributed by atoms with Crippen LogP contribution in [0.15, 0.2) is 30.3 Å². The average molecular weight is 459 g/mol. The summed E-state index contributed by atoms with van der Waals surface area (Å²) in [5.41, 5.74) is 0.679. The standard InChI is InChI=1S/C22H26N4O5S/c1-22(2,3)30-21(29)24-10-9-17-16(13-24)23-20(32-17)26-12-11-25(14-18(26)27)31-19(28)15-7-5-4-6-8-15/h4-8H,9-14H2,1-3H3. The van der Waals surface area contributed by atoms with Gasteiger partial charge in [0.15, 0.2) is 5.13 Å². The van der Waals surface area contributed by atoms with Crippen molar-refractivity contribution in [3.05, 3.63) is 46.5 Å². The maximum absolute atomic E-state index is 12.7. The molecule has 0 atom stereocenters. The van der Waals surface area contributed by atoms with Gasteiger partial charge in [-0.3, -0.25) is 9.69 Å². The molecule has 3 heterocycles. The lowest BCUT2D eigenvalue weighted by atomic mass is 10.2. The van der Waals surface area contributed by atoms with Crippen LogP contribution < -0.4 is 4.90 Å². The predicted molar refractivity (Wildman–Crippen MR) is 118 cm³/mol. The molecule has 0 N–H and O–H groups in total. The number of hydrogen-bond acceptors (Lipinski definition) is 8. The van der Waals surface area contributed by atoms with Gasteiger partial charge in [-0.2, -0.15) is 0 Å². The van der Waals surface area contributed by atoms with E-state index >= 15 is 0 Å². The second kappa shape index (κ2) is 8.87. The summed E-state index contributed by atoms with van der Waals surface area (Å²) in [6.07, 6.45) is 0.317. The van der Waals surface area contributed by atoms with Gasteiger partial charge < -0.3 is 14.5 Å². The number of hydrogen-bond donors (Lipinski definition) is 0. The van der Waals surface area contributed by atoms with E-state index in [2.05, 4.69) is 4.98 Å². The number of hydroxylamine groups is 2. The summed E-state index contributed by atoms with van der Waals surface area (Å²) in [6.45, 7) is 7.15. The molecule has 1 aromatic heterocycles.